The maximum atomic E-state index is 12.7. The second-order valence-corrected chi connectivity index (χ2v) is 7.04. The first kappa shape index (κ1) is 21.2. The lowest BCUT2D eigenvalue weighted by molar-refractivity contribution is -0.384. The summed E-state index contributed by atoms with van der Waals surface area (Å²) in [4.78, 5) is 21.8. The molecule has 0 aliphatic rings. The first-order valence-electron chi connectivity index (χ1n) is 9.81. The average molecular weight is 412 g/mol. The monoisotopic (exact) mass is 412 g/mol. The Labute approximate surface area is 174 Å². The summed E-state index contributed by atoms with van der Waals surface area (Å²) in [5.41, 5.74) is 1.41. The van der Waals surface area contributed by atoms with E-state index in [2.05, 4.69) is 15.3 Å². The molecule has 1 aromatic carbocycles. The van der Waals surface area contributed by atoms with Crippen LogP contribution in [0.2, 0.25) is 0 Å². The number of hydrogen-bond donors (Lipinski definition) is 1. The van der Waals surface area contributed by atoms with Gasteiger partial charge in [-0.05, 0) is 37.3 Å². The van der Waals surface area contributed by atoms with Crippen LogP contribution in [-0.4, -0.2) is 39.2 Å². The summed E-state index contributed by atoms with van der Waals surface area (Å²) in [6.07, 6.45) is 3.47. The third kappa shape index (κ3) is 4.56. The summed E-state index contributed by atoms with van der Waals surface area (Å²) >= 11 is 0. The number of nitro groups is 1. The van der Waals surface area contributed by atoms with E-state index in [0.717, 1.165) is 11.5 Å². The summed E-state index contributed by atoms with van der Waals surface area (Å²) in [5.74, 6) is 1.68. The molecule has 158 valence electrons. The zero-order valence-electron chi connectivity index (χ0n) is 17.2. The van der Waals surface area contributed by atoms with E-state index in [-0.39, 0.29) is 17.4 Å². The van der Waals surface area contributed by atoms with E-state index in [0.29, 0.717) is 24.6 Å². The molecule has 30 heavy (non-hydrogen) atoms. The molecule has 0 fully saturated rings. The van der Waals surface area contributed by atoms with Crippen molar-refractivity contribution < 1.29 is 9.31 Å². The number of aromatic nitrogens is 3. The molecule has 2 heterocycles. The fourth-order valence-corrected chi connectivity index (χ4v) is 3.21. The third-order valence-corrected chi connectivity index (χ3v) is 4.72. The minimum Gasteiger partial charge on any atom is -0.369 e. The molecule has 3 aromatic rings. The van der Waals surface area contributed by atoms with Crippen LogP contribution in [0.15, 0.2) is 48.8 Å². The summed E-state index contributed by atoms with van der Waals surface area (Å²) in [6, 6.07) is 10.3. The number of anilines is 3. The Hall–Kier alpha value is -3.49. The summed E-state index contributed by atoms with van der Waals surface area (Å²) in [7, 11) is 0. The van der Waals surface area contributed by atoms with Crippen LogP contribution in [0, 0.1) is 10.1 Å². The predicted molar refractivity (Wildman–Crippen MR) is 116 cm³/mol. The van der Waals surface area contributed by atoms with E-state index in [1.165, 1.54) is 6.07 Å². The Bertz CT molecular complexity index is 1000. The van der Waals surface area contributed by atoms with Gasteiger partial charge in [-0.1, -0.05) is 13.8 Å². The van der Waals surface area contributed by atoms with E-state index in [1.807, 2.05) is 42.4 Å². The van der Waals surface area contributed by atoms with Gasteiger partial charge in [-0.15, -0.1) is 0 Å². The van der Waals surface area contributed by atoms with Crippen LogP contribution in [0.3, 0.4) is 0 Å². The van der Waals surface area contributed by atoms with E-state index >= 15 is 0 Å². The number of alkyl halides is 1. The fraction of sp³-hybridized carbons (Fsp3) is 0.333. The highest BCUT2D eigenvalue weighted by atomic mass is 19.1. The second kappa shape index (κ2) is 9.34. The molecule has 0 saturated heterocycles. The molecule has 0 amide bonds. The molecule has 0 bridgehead atoms. The summed E-state index contributed by atoms with van der Waals surface area (Å²) < 4.78 is 14.5. The molecule has 0 saturated carbocycles. The Morgan fingerprint density at radius 1 is 1.23 bits per heavy atom. The van der Waals surface area contributed by atoms with Crippen molar-refractivity contribution in [1.29, 1.82) is 0 Å². The minimum atomic E-state index is -0.467. The highest BCUT2D eigenvalue weighted by Crippen LogP contribution is 2.29. The molecule has 0 spiro atoms. The van der Waals surface area contributed by atoms with E-state index in [1.54, 1.807) is 30.6 Å². The largest absolute Gasteiger partial charge is 0.369 e. The quantitative estimate of drug-likeness (QED) is 0.400. The van der Waals surface area contributed by atoms with Crippen molar-refractivity contribution >= 4 is 22.9 Å². The lowest BCUT2D eigenvalue weighted by Crippen LogP contribution is -2.24. The van der Waals surface area contributed by atoms with Crippen LogP contribution in [0.4, 0.5) is 27.3 Å². The van der Waals surface area contributed by atoms with Gasteiger partial charge >= 0.3 is 5.69 Å². The van der Waals surface area contributed by atoms with Gasteiger partial charge in [0.15, 0.2) is 0 Å². The number of benzene rings is 1. The normalized spacial score (nSPS) is 11.0. The Morgan fingerprint density at radius 3 is 2.57 bits per heavy atom. The van der Waals surface area contributed by atoms with Crippen LogP contribution in [0.1, 0.15) is 32.5 Å². The van der Waals surface area contributed by atoms with Crippen molar-refractivity contribution in [2.45, 2.75) is 26.7 Å². The maximum Gasteiger partial charge on any atom is 0.311 e. The number of nitrogens with zero attached hydrogens (tertiary/aromatic N) is 5. The van der Waals surface area contributed by atoms with E-state index < -0.39 is 11.6 Å². The summed E-state index contributed by atoms with van der Waals surface area (Å²) in [5, 5.41) is 14.5. The van der Waals surface area contributed by atoms with Crippen molar-refractivity contribution in [3.8, 4) is 5.82 Å². The smallest absolute Gasteiger partial charge is 0.311 e. The second-order valence-electron chi connectivity index (χ2n) is 7.04. The minimum absolute atomic E-state index is 0.123. The highest BCUT2D eigenvalue weighted by Gasteiger charge is 2.19. The number of hydrogen-bond acceptors (Lipinski definition) is 6. The number of nitrogens with one attached hydrogen (secondary N) is 1. The molecule has 9 heteroatoms. The van der Waals surface area contributed by atoms with Crippen molar-refractivity contribution in [3.05, 3.63) is 64.7 Å². The van der Waals surface area contributed by atoms with Gasteiger partial charge in [0.1, 0.15) is 18.3 Å². The Morgan fingerprint density at radius 2 is 1.97 bits per heavy atom. The zero-order valence-corrected chi connectivity index (χ0v) is 17.2. The van der Waals surface area contributed by atoms with Crippen LogP contribution < -0.4 is 10.2 Å². The lowest BCUT2D eigenvalue weighted by Gasteiger charge is -2.21. The van der Waals surface area contributed by atoms with Gasteiger partial charge in [-0.2, -0.15) is 0 Å². The Balaban J connectivity index is 1.92. The molecule has 0 radical (unpaired) electrons. The van der Waals surface area contributed by atoms with Gasteiger partial charge in [0.2, 0.25) is 5.82 Å². The van der Waals surface area contributed by atoms with Crippen molar-refractivity contribution in [2.24, 2.45) is 0 Å². The molecule has 1 N–H and O–H groups in total. The molecule has 0 aliphatic carbocycles. The predicted octanol–water partition coefficient (Wildman–Crippen LogP) is 4.84. The summed E-state index contributed by atoms with van der Waals surface area (Å²) in [6.45, 7) is 6.59. The number of rotatable bonds is 9. The van der Waals surface area contributed by atoms with Gasteiger partial charge in [-0.25, -0.2) is 14.4 Å². The number of halogens is 1. The molecule has 3 rings (SSSR count). The number of pyridine rings is 1. The number of imidazole rings is 1. The zero-order chi connectivity index (χ0) is 21.7. The third-order valence-electron chi connectivity index (χ3n) is 4.72. The van der Waals surface area contributed by atoms with E-state index in [4.69, 9.17) is 0 Å². The van der Waals surface area contributed by atoms with Crippen molar-refractivity contribution in [2.75, 3.05) is 30.0 Å². The molecular weight excluding hydrogens is 387 g/mol. The highest BCUT2D eigenvalue weighted by molar-refractivity contribution is 5.68. The molecule has 0 aliphatic heterocycles. The van der Waals surface area contributed by atoms with Crippen LogP contribution in [0.5, 0.6) is 0 Å². The maximum absolute atomic E-state index is 12.7. The van der Waals surface area contributed by atoms with Crippen LogP contribution in [0.25, 0.3) is 5.82 Å². The molecular formula is C21H25FN6O2. The van der Waals surface area contributed by atoms with Crippen LogP contribution >= 0.6 is 0 Å². The Kier molecular flexibility index (Phi) is 6.61. The first-order valence-corrected chi connectivity index (χ1v) is 9.81. The van der Waals surface area contributed by atoms with Gasteiger partial charge in [-0.3, -0.25) is 14.7 Å². The standard InChI is InChI=1S/C21H25FN6O2/c1-4-26(13-11-22)17-7-5-16(6-8-17)24-20-18(28(29)30)9-10-19(25-20)27-14-12-23-21(27)15(2)3/h5-10,12,14-15H,4,11,13H2,1-3H3,(H,24,25). The van der Waals surface area contributed by atoms with Crippen molar-refractivity contribution in [3.63, 3.8) is 0 Å². The SMILES string of the molecule is CCN(CCF)c1ccc(Nc2nc(-n3ccnc3C(C)C)ccc2[N+](=O)[O-])cc1. The molecule has 2 aromatic heterocycles. The van der Waals surface area contributed by atoms with Gasteiger partial charge in [0.05, 0.1) is 4.92 Å². The van der Waals surface area contributed by atoms with Gasteiger partial charge in [0, 0.05) is 48.8 Å². The molecule has 8 nitrogen and oxygen atoms in total. The van der Waals surface area contributed by atoms with Crippen LogP contribution in [-0.2, 0) is 0 Å². The van der Waals surface area contributed by atoms with E-state index in [9.17, 15) is 14.5 Å². The average Bonchev–Trinajstić information content (AvgIpc) is 3.23. The molecule has 0 unspecified atom stereocenters. The fourth-order valence-electron chi connectivity index (χ4n) is 3.21. The first-order chi connectivity index (χ1) is 14.4. The van der Waals surface area contributed by atoms with Gasteiger partial charge < -0.3 is 10.2 Å². The van der Waals surface area contributed by atoms with Crippen molar-refractivity contribution in [1.82, 2.24) is 14.5 Å². The molecule has 0 atom stereocenters. The topological polar surface area (TPSA) is 89.1 Å². The van der Waals surface area contributed by atoms with Gasteiger partial charge in [0.25, 0.3) is 0 Å². The lowest BCUT2D eigenvalue weighted by atomic mass is 10.2.